The highest BCUT2D eigenvalue weighted by atomic mass is 31.2. The van der Waals surface area contributed by atoms with Gasteiger partial charge in [0, 0.05) is 19.6 Å². The number of rotatable bonds is 42. The quantitative estimate of drug-likeness (QED) is 0.0273. The SMILES string of the molecule is CC/C=C\C/C=C\C/C=C\CCCCCCCC(=O)OC(COCCCCCCCCCCCCCCCCCCCCC)COP(=O)(O)OCCN. The van der Waals surface area contributed by atoms with Gasteiger partial charge in [-0.05, 0) is 44.9 Å². The van der Waals surface area contributed by atoms with Crippen molar-refractivity contribution in [1.29, 1.82) is 0 Å². The number of hydrogen-bond acceptors (Lipinski definition) is 7. The van der Waals surface area contributed by atoms with Crippen LogP contribution in [-0.4, -0.2) is 49.9 Å². The molecule has 0 saturated carbocycles. The van der Waals surface area contributed by atoms with Crippen LogP contribution in [0.15, 0.2) is 36.5 Å². The predicted octanol–water partition coefficient (Wildman–Crippen LogP) is 13.0. The number of nitrogens with two attached hydrogens (primary N) is 1. The summed E-state index contributed by atoms with van der Waals surface area (Å²) in [5, 5.41) is 0. The molecular weight excluding hydrogens is 685 g/mol. The fraction of sp³-hybridized carbons (Fsp3) is 0.841. The Balaban J connectivity index is 4.00. The summed E-state index contributed by atoms with van der Waals surface area (Å²) in [7, 11) is -4.28. The van der Waals surface area contributed by atoms with Crippen molar-refractivity contribution >= 4 is 13.8 Å². The Hall–Kier alpha value is -1.28. The van der Waals surface area contributed by atoms with E-state index in [1.165, 1.54) is 109 Å². The molecule has 312 valence electrons. The molecule has 2 atom stereocenters. The maximum Gasteiger partial charge on any atom is 0.472 e. The summed E-state index contributed by atoms with van der Waals surface area (Å²) in [4.78, 5) is 22.5. The Morgan fingerprint density at radius 2 is 1.06 bits per heavy atom. The van der Waals surface area contributed by atoms with Gasteiger partial charge in [-0.2, -0.15) is 0 Å². The van der Waals surface area contributed by atoms with Gasteiger partial charge in [0.2, 0.25) is 0 Å². The first kappa shape index (κ1) is 51.7. The third-order valence-electron chi connectivity index (χ3n) is 9.32. The molecule has 0 aromatic heterocycles. The van der Waals surface area contributed by atoms with Gasteiger partial charge in [-0.25, -0.2) is 4.57 Å². The van der Waals surface area contributed by atoms with E-state index in [9.17, 15) is 14.3 Å². The fourth-order valence-electron chi connectivity index (χ4n) is 6.13. The van der Waals surface area contributed by atoms with E-state index in [4.69, 9.17) is 24.3 Å². The average molecular weight is 770 g/mol. The number of allylic oxidation sites excluding steroid dienone is 6. The largest absolute Gasteiger partial charge is 0.472 e. The zero-order chi connectivity index (χ0) is 38.8. The summed E-state index contributed by atoms with van der Waals surface area (Å²) in [5.74, 6) is -0.345. The minimum absolute atomic E-state index is 0.0978. The Morgan fingerprint density at radius 1 is 0.585 bits per heavy atom. The van der Waals surface area contributed by atoms with Crippen molar-refractivity contribution in [2.24, 2.45) is 5.73 Å². The molecular formula is C44H84NO7P. The molecule has 0 fully saturated rings. The lowest BCUT2D eigenvalue weighted by Gasteiger charge is -2.20. The van der Waals surface area contributed by atoms with E-state index in [1.54, 1.807) is 0 Å². The Bertz CT molecular complexity index is 910. The highest BCUT2D eigenvalue weighted by molar-refractivity contribution is 7.47. The lowest BCUT2D eigenvalue weighted by molar-refractivity contribution is -0.154. The van der Waals surface area contributed by atoms with Crippen LogP contribution in [0.5, 0.6) is 0 Å². The van der Waals surface area contributed by atoms with Gasteiger partial charge in [-0.3, -0.25) is 13.8 Å². The Morgan fingerprint density at radius 3 is 1.58 bits per heavy atom. The number of carbonyl (C=O) groups is 1. The molecule has 0 saturated heterocycles. The highest BCUT2D eigenvalue weighted by Crippen LogP contribution is 2.43. The van der Waals surface area contributed by atoms with Gasteiger partial charge in [0.25, 0.3) is 0 Å². The third-order valence-corrected chi connectivity index (χ3v) is 10.3. The summed E-state index contributed by atoms with van der Waals surface area (Å²) < 4.78 is 33.4. The van der Waals surface area contributed by atoms with Gasteiger partial charge in [0.15, 0.2) is 0 Å². The van der Waals surface area contributed by atoms with Crippen molar-refractivity contribution < 1.29 is 32.8 Å². The zero-order valence-electron chi connectivity index (χ0n) is 34.5. The summed E-state index contributed by atoms with van der Waals surface area (Å²) >= 11 is 0. The van der Waals surface area contributed by atoms with Crippen LogP contribution in [0.1, 0.15) is 200 Å². The van der Waals surface area contributed by atoms with Crippen LogP contribution in [0.25, 0.3) is 0 Å². The minimum Gasteiger partial charge on any atom is -0.457 e. The number of unbranched alkanes of at least 4 members (excludes halogenated alkanes) is 23. The molecule has 0 heterocycles. The summed E-state index contributed by atoms with van der Waals surface area (Å²) in [5.41, 5.74) is 5.37. The van der Waals surface area contributed by atoms with Gasteiger partial charge >= 0.3 is 13.8 Å². The van der Waals surface area contributed by atoms with Gasteiger partial charge in [0.05, 0.1) is 19.8 Å². The molecule has 0 aliphatic rings. The van der Waals surface area contributed by atoms with E-state index in [1.807, 2.05) is 0 Å². The standard InChI is InChI=1S/C44H84NO7P/c1-3-5-7-9-11-13-15-17-19-20-21-22-24-26-28-30-32-34-36-39-49-41-43(42-51-53(47,48)50-40-38-45)52-44(46)37-35-33-31-29-27-25-23-18-16-14-12-10-8-6-4-2/h6,8,12,14,18,23,43H,3-5,7,9-11,13,15-17,19-22,24-42,45H2,1-2H3,(H,47,48)/b8-6-,14-12-,23-18-. The normalized spacial score (nSPS) is 13.8. The number of esters is 1. The second-order valence-electron chi connectivity index (χ2n) is 14.5. The van der Waals surface area contributed by atoms with Crippen LogP contribution >= 0.6 is 7.82 Å². The number of phosphoric ester groups is 1. The molecule has 0 aliphatic heterocycles. The van der Waals surface area contributed by atoms with E-state index < -0.39 is 13.9 Å². The van der Waals surface area contributed by atoms with Crippen molar-refractivity contribution in [1.82, 2.24) is 0 Å². The van der Waals surface area contributed by atoms with E-state index >= 15 is 0 Å². The van der Waals surface area contributed by atoms with Crippen LogP contribution in [0, 0.1) is 0 Å². The average Bonchev–Trinajstić information content (AvgIpc) is 3.15. The molecule has 0 rings (SSSR count). The molecule has 0 aromatic carbocycles. The molecule has 8 nitrogen and oxygen atoms in total. The van der Waals surface area contributed by atoms with Gasteiger partial charge in [-0.15, -0.1) is 0 Å². The lowest BCUT2D eigenvalue weighted by atomic mass is 10.0. The molecule has 0 spiro atoms. The van der Waals surface area contributed by atoms with E-state index in [-0.39, 0.29) is 32.3 Å². The summed E-state index contributed by atoms with van der Waals surface area (Å²) in [6.07, 6.45) is 47.4. The first-order valence-corrected chi connectivity index (χ1v) is 23.5. The van der Waals surface area contributed by atoms with Crippen molar-refractivity contribution in [3.05, 3.63) is 36.5 Å². The minimum atomic E-state index is -4.28. The molecule has 0 aliphatic carbocycles. The van der Waals surface area contributed by atoms with Gasteiger partial charge in [-0.1, -0.05) is 185 Å². The summed E-state index contributed by atoms with van der Waals surface area (Å²) in [6, 6.07) is 0. The topological polar surface area (TPSA) is 117 Å². The van der Waals surface area contributed by atoms with Crippen molar-refractivity contribution in [3.63, 3.8) is 0 Å². The molecule has 0 amide bonds. The van der Waals surface area contributed by atoms with Gasteiger partial charge in [0.1, 0.15) is 6.10 Å². The number of hydrogen-bond donors (Lipinski definition) is 2. The van der Waals surface area contributed by atoms with Crippen molar-refractivity contribution in [3.8, 4) is 0 Å². The zero-order valence-corrected chi connectivity index (χ0v) is 35.4. The van der Waals surface area contributed by atoms with Crippen LogP contribution in [-0.2, 0) is 27.9 Å². The van der Waals surface area contributed by atoms with Crippen LogP contribution in [0.4, 0.5) is 0 Å². The third kappa shape index (κ3) is 41.7. The van der Waals surface area contributed by atoms with Crippen molar-refractivity contribution in [2.45, 2.75) is 206 Å². The fourth-order valence-corrected chi connectivity index (χ4v) is 6.89. The van der Waals surface area contributed by atoms with Crippen LogP contribution < -0.4 is 5.73 Å². The Labute approximate surface area is 327 Å². The lowest BCUT2D eigenvalue weighted by Crippen LogP contribution is -2.28. The molecule has 0 aromatic rings. The maximum absolute atomic E-state index is 12.6. The summed E-state index contributed by atoms with van der Waals surface area (Å²) in [6.45, 7) is 4.81. The molecule has 2 unspecified atom stereocenters. The van der Waals surface area contributed by atoms with Crippen LogP contribution in [0.3, 0.4) is 0 Å². The monoisotopic (exact) mass is 770 g/mol. The second-order valence-corrected chi connectivity index (χ2v) is 16.0. The van der Waals surface area contributed by atoms with Crippen molar-refractivity contribution in [2.75, 3.05) is 33.0 Å². The van der Waals surface area contributed by atoms with E-state index in [0.29, 0.717) is 13.0 Å². The smallest absolute Gasteiger partial charge is 0.457 e. The molecule has 0 bridgehead atoms. The number of phosphoric acid groups is 1. The molecule has 0 radical (unpaired) electrons. The maximum atomic E-state index is 12.6. The molecule has 3 N–H and O–H groups in total. The predicted molar refractivity (Wildman–Crippen MR) is 224 cm³/mol. The van der Waals surface area contributed by atoms with E-state index in [0.717, 1.165) is 70.6 Å². The number of ether oxygens (including phenoxy) is 2. The molecule has 53 heavy (non-hydrogen) atoms. The number of carbonyl (C=O) groups excluding carboxylic acids is 1. The van der Waals surface area contributed by atoms with E-state index in [2.05, 4.69) is 50.3 Å². The first-order valence-electron chi connectivity index (χ1n) is 22.0. The van der Waals surface area contributed by atoms with Crippen LogP contribution in [0.2, 0.25) is 0 Å². The van der Waals surface area contributed by atoms with Gasteiger partial charge < -0.3 is 20.1 Å². The Kier molecular flexibility index (Phi) is 40.9. The highest BCUT2D eigenvalue weighted by Gasteiger charge is 2.25. The first-order chi connectivity index (χ1) is 25.9. The molecule has 9 heteroatoms. The second kappa shape index (κ2) is 41.9.